The molecule has 2 rings (SSSR count). The lowest BCUT2D eigenvalue weighted by Gasteiger charge is -2.25. The molecule has 1 heterocycles. The van der Waals surface area contributed by atoms with Gasteiger partial charge in [-0.1, -0.05) is 0 Å². The summed E-state index contributed by atoms with van der Waals surface area (Å²) >= 11 is 0. The number of ether oxygens (including phenoxy) is 2. The van der Waals surface area contributed by atoms with Gasteiger partial charge < -0.3 is 14.6 Å². The third-order valence-electron chi connectivity index (χ3n) is 2.57. The minimum absolute atomic E-state index is 0.126. The molecule has 1 aromatic rings. The first-order chi connectivity index (χ1) is 7.69. The average Bonchev–Trinajstić information content (AvgIpc) is 2.23. The normalized spacial score (nSPS) is 15.3. The minimum Gasteiger partial charge on any atom is -0.481 e. The maximum Gasteiger partial charge on any atom is 0.336 e. The van der Waals surface area contributed by atoms with E-state index in [1.54, 1.807) is 0 Å². The number of aromatic carboxylic acids is 1. The van der Waals surface area contributed by atoms with Gasteiger partial charge in [0.05, 0.1) is 12.7 Å². The number of carboxylic acid groups (broad SMARTS) is 1. The van der Waals surface area contributed by atoms with Crippen molar-refractivity contribution in [2.24, 2.45) is 0 Å². The van der Waals surface area contributed by atoms with Gasteiger partial charge >= 0.3 is 5.97 Å². The van der Waals surface area contributed by atoms with Crippen LogP contribution in [-0.2, 0) is 0 Å². The first-order valence-electron chi connectivity index (χ1n) is 5.15. The van der Waals surface area contributed by atoms with Crippen molar-refractivity contribution >= 4 is 5.97 Å². The van der Waals surface area contributed by atoms with Crippen LogP contribution >= 0.6 is 0 Å². The molecule has 0 aromatic carbocycles. The fourth-order valence-electron chi connectivity index (χ4n) is 1.43. The Kier molecular flexibility index (Phi) is 2.94. The van der Waals surface area contributed by atoms with E-state index >= 15 is 0 Å². The van der Waals surface area contributed by atoms with E-state index in [0.29, 0.717) is 5.88 Å². The zero-order valence-electron chi connectivity index (χ0n) is 8.97. The van der Waals surface area contributed by atoms with E-state index in [-0.39, 0.29) is 17.5 Å². The number of rotatable bonds is 4. The average molecular weight is 223 g/mol. The van der Waals surface area contributed by atoms with E-state index in [4.69, 9.17) is 14.6 Å². The van der Waals surface area contributed by atoms with E-state index in [1.165, 1.54) is 19.2 Å². The monoisotopic (exact) mass is 223 g/mol. The van der Waals surface area contributed by atoms with E-state index in [1.807, 2.05) is 0 Å². The molecule has 1 N–H and O–H groups in total. The molecule has 5 nitrogen and oxygen atoms in total. The highest BCUT2D eigenvalue weighted by Crippen LogP contribution is 2.26. The highest BCUT2D eigenvalue weighted by molar-refractivity contribution is 5.88. The standard InChI is InChI=1S/C11H13NO4/c1-15-9-5-7(11(13)14)6-10(12-9)16-8-3-2-4-8/h5-6,8H,2-4H2,1H3,(H,13,14). The second kappa shape index (κ2) is 4.38. The quantitative estimate of drug-likeness (QED) is 0.841. The van der Waals surface area contributed by atoms with Crippen LogP contribution in [0.15, 0.2) is 12.1 Å². The maximum absolute atomic E-state index is 10.9. The Morgan fingerprint density at radius 1 is 1.44 bits per heavy atom. The van der Waals surface area contributed by atoms with E-state index in [9.17, 15) is 4.79 Å². The number of carboxylic acids is 1. The molecule has 0 radical (unpaired) electrons. The Balaban J connectivity index is 2.21. The molecule has 0 saturated heterocycles. The summed E-state index contributed by atoms with van der Waals surface area (Å²) in [6.45, 7) is 0. The number of hydrogen-bond donors (Lipinski definition) is 1. The molecular weight excluding hydrogens is 210 g/mol. The van der Waals surface area contributed by atoms with Crippen molar-refractivity contribution in [3.8, 4) is 11.8 Å². The summed E-state index contributed by atoms with van der Waals surface area (Å²) in [6.07, 6.45) is 3.32. The predicted octanol–water partition coefficient (Wildman–Crippen LogP) is 1.72. The fourth-order valence-corrected chi connectivity index (χ4v) is 1.43. The van der Waals surface area contributed by atoms with Gasteiger partial charge in [0.2, 0.25) is 11.8 Å². The second-order valence-corrected chi connectivity index (χ2v) is 3.71. The molecule has 0 unspecified atom stereocenters. The Bertz CT molecular complexity index is 401. The van der Waals surface area contributed by atoms with Crippen LogP contribution in [-0.4, -0.2) is 29.3 Å². The zero-order chi connectivity index (χ0) is 11.5. The summed E-state index contributed by atoms with van der Waals surface area (Å²) in [4.78, 5) is 14.9. The van der Waals surface area contributed by atoms with E-state index in [2.05, 4.69) is 4.98 Å². The molecule has 16 heavy (non-hydrogen) atoms. The van der Waals surface area contributed by atoms with Crippen molar-refractivity contribution < 1.29 is 19.4 Å². The lowest BCUT2D eigenvalue weighted by molar-refractivity contribution is 0.0693. The molecule has 1 aliphatic rings. The van der Waals surface area contributed by atoms with Crippen molar-refractivity contribution in [2.75, 3.05) is 7.11 Å². The number of carbonyl (C=O) groups is 1. The number of pyridine rings is 1. The lowest BCUT2D eigenvalue weighted by Crippen LogP contribution is -2.25. The molecular formula is C11H13NO4. The maximum atomic E-state index is 10.9. The van der Waals surface area contributed by atoms with Crippen molar-refractivity contribution in [3.63, 3.8) is 0 Å². The third kappa shape index (κ3) is 2.24. The van der Waals surface area contributed by atoms with Crippen LogP contribution < -0.4 is 9.47 Å². The van der Waals surface area contributed by atoms with Crippen LogP contribution in [0.25, 0.3) is 0 Å². The minimum atomic E-state index is -1.01. The lowest BCUT2D eigenvalue weighted by atomic mass is 9.96. The Hall–Kier alpha value is -1.78. The summed E-state index contributed by atoms with van der Waals surface area (Å²) in [5.41, 5.74) is 0.126. The molecule has 5 heteroatoms. The fraction of sp³-hybridized carbons (Fsp3) is 0.455. The van der Waals surface area contributed by atoms with Gasteiger partial charge in [-0.05, 0) is 19.3 Å². The molecule has 0 atom stereocenters. The van der Waals surface area contributed by atoms with Gasteiger partial charge in [-0.15, -0.1) is 0 Å². The summed E-state index contributed by atoms with van der Waals surface area (Å²) in [6, 6.07) is 2.79. The van der Waals surface area contributed by atoms with E-state index < -0.39 is 5.97 Å². The molecule has 1 saturated carbocycles. The van der Waals surface area contributed by atoms with Crippen LogP contribution in [0.5, 0.6) is 11.8 Å². The zero-order valence-corrected chi connectivity index (χ0v) is 8.97. The van der Waals surface area contributed by atoms with Crippen molar-refractivity contribution in [3.05, 3.63) is 17.7 Å². The molecule has 0 spiro atoms. The van der Waals surface area contributed by atoms with Crippen LogP contribution in [0, 0.1) is 0 Å². The summed E-state index contributed by atoms with van der Waals surface area (Å²) in [7, 11) is 1.45. The summed E-state index contributed by atoms with van der Waals surface area (Å²) < 4.78 is 10.5. The first kappa shape index (κ1) is 10.7. The molecule has 1 aromatic heterocycles. The van der Waals surface area contributed by atoms with Crippen molar-refractivity contribution in [1.82, 2.24) is 4.98 Å². The van der Waals surface area contributed by atoms with Gasteiger partial charge in [-0.3, -0.25) is 0 Å². The highest BCUT2D eigenvalue weighted by Gasteiger charge is 2.20. The van der Waals surface area contributed by atoms with Crippen LogP contribution in [0.2, 0.25) is 0 Å². The predicted molar refractivity (Wildman–Crippen MR) is 56.0 cm³/mol. The molecule has 0 aliphatic heterocycles. The summed E-state index contributed by atoms with van der Waals surface area (Å²) in [5, 5.41) is 8.90. The van der Waals surface area contributed by atoms with Crippen LogP contribution in [0.3, 0.4) is 0 Å². The second-order valence-electron chi connectivity index (χ2n) is 3.71. The van der Waals surface area contributed by atoms with Crippen molar-refractivity contribution in [2.45, 2.75) is 25.4 Å². The van der Waals surface area contributed by atoms with Gasteiger partial charge in [-0.25, -0.2) is 4.79 Å². The number of aromatic nitrogens is 1. The molecule has 1 fully saturated rings. The van der Waals surface area contributed by atoms with Gasteiger partial charge in [0, 0.05) is 12.1 Å². The van der Waals surface area contributed by atoms with E-state index in [0.717, 1.165) is 19.3 Å². The van der Waals surface area contributed by atoms with Crippen LogP contribution in [0.1, 0.15) is 29.6 Å². The topological polar surface area (TPSA) is 68.7 Å². The molecule has 1 aliphatic carbocycles. The molecule has 86 valence electrons. The first-order valence-corrected chi connectivity index (χ1v) is 5.15. The Morgan fingerprint density at radius 3 is 2.62 bits per heavy atom. The Labute approximate surface area is 93.0 Å². The molecule has 0 bridgehead atoms. The number of nitrogens with zero attached hydrogens (tertiary/aromatic N) is 1. The van der Waals surface area contributed by atoms with Gasteiger partial charge in [0.1, 0.15) is 6.10 Å². The number of hydrogen-bond acceptors (Lipinski definition) is 4. The van der Waals surface area contributed by atoms with Gasteiger partial charge in [0.15, 0.2) is 0 Å². The smallest absolute Gasteiger partial charge is 0.336 e. The largest absolute Gasteiger partial charge is 0.481 e. The van der Waals surface area contributed by atoms with Gasteiger partial charge in [0.25, 0.3) is 0 Å². The highest BCUT2D eigenvalue weighted by atomic mass is 16.5. The Morgan fingerprint density at radius 2 is 2.12 bits per heavy atom. The molecule has 0 amide bonds. The van der Waals surface area contributed by atoms with Crippen LogP contribution in [0.4, 0.5) is 0 Å². The van der Waals surface area contributed by atoms with Gasteiger partial charge in [-0.2, -0.15) is 4.98 Å². The SMILES string of the molecule is COc1cc(C(=O)O)cc(OC2CCC2)n1. The summed E-state index contributed by atoms with van der Waals surface area (Å²) in [5.74, 6) is -0.435. The van der Waals surface area contributed by atoms with Crippen molar-refractivity contribution in [1.29, 1.82) is 0 Å². The number of methoxy groups -OCH3 is 1. The third-order valence-corrected chi connectivity index (χ3v) is 2.57.